The summed E-state index contributed by atoms with van der Waals surface area (Å²) in [6, 6.07) is 17.0. The van der Waals surface area contributed by atoms with E-state index in [-0.39, 0.29) is 24.3 Å². The van der Waals surface area contributed by atoms with E-state index in [4.69, 9.17) is 4.74 Å². The number of carbonyl (C=O) groups is 2. The van der Waals surface area contributed by atoms with Gasteiger partial charge in [-0.1, -0.05) is 49.4 Å². The molecule has 0 saturated carbocycles. The molecule has 1 N–H and O–H groups in total. The summed E-state index contributed by atoms with van der Waals surface area (Å²) in [4.78, 5) is 27.5. The van der Waals surface area contributed by atoms with Crippen LogP contribution in [-0.4, -0.2) is 42.5 Å². The van der Waals surface area contributed by atoms with Crippen LogP contribution in [0.3, 0.4) is 0 Å². The molecule has 2 aromatic carbocycles. The zero-order chi connectivity index (χ0) is 21.2. The fourth-order valence-electron chi connectivity index (χ4n) is 3.06. The molecule has 29 heavy (non-hydrogen) atoms. The number of nitrogens with zero attached hydrogens (tertiary/aromatic N) is 1. The van der Waals surface area contributed by atoms with Crippen molar-refractivity contribution in [3.8, 4) is 5.75 Å². The van der Waals surface area contributed by atoms with Crippen molar-refractivity contribution in [3.05, 3.63) is 65.7 Å². The third kappa shape index (κ3) is 6.93. The van der Waals surface area contributed by atoms with Crippen LogP contribution in [0.5, 0.6) is 5.75 Å². The summed E-state index contributed by atoms with van der Waals surface area (Å²) in [5.41, 5.74) is 2.04. The first kappa shape index (κ1) is 22.5. The minimum atomic E-state index is -0.529. The fraction of sp³-hybridized carbons (Fsp3) is 0.417. The lowest BCUT2D eigenvalue weighted by Crippen LogP contribution is -2.50. The predicted molar refractivity (Wildman–Crippen MR) is 116 cm³/mol. The highest BCUT2D eigenvalue weighted by molar-refractivity contribution is 5.88. The Morgan fingerprint density at radius 3 is 2.24 bits per heavy atom. The van der Waals surface area contributed by atoms with Crippen LogP contribution in [0.25, 0.3) is 0 Å². The Kier molecular flexibility index (Phi) is 8.71. The Morgan fingerprint density at radius 1 is 1.00 bits per heavy atom. The van der Waals surface area contributed by atoms with Crippen LogP contribution in [0.2, 0.25) is 0 Å². The van der Waals surface area contributed by atoms with E-state index in [1.807, 2.05) is 68.4 Å². The summed E-state index contributed by atoms with van der Waals surface area (Å²) in [5, 5.41) is 2.99. The Hall–Kier alpha value is -2.82. The van der Waals surface area contributed by atoms with E-state index in [0.29, 0.717) is 13.0 Å². The Morgan fingerprint density at radius 2 is 1.66 bits per heavy atom. The van der Waals surface area contributed by atoms with Gasteiger partial charge in [-0.15, -0.1) is 0 Å². The van der Waals surface area contributed by atoms with Gasteiger partial charge in [-0.2, -0.15) is 0 Å². The molecule has 2 amide bonds. The Labute approximate surface area is 174 Å². The molecule has 2 aromatic rings. The van der Waals surface area contributed by atoms with Crippen molar-refractivity contribution in [2.45, 2.75) is 52.1 Å². The molecule has 0 saturated heterocycles. The number of nitrogens with one attached hydrogen (secondary N) is 1. The average Bonchev–Trinajstić information content (AvgIpc) is 2.74. The maximum absolute atomic E-state index is 13.1. The number of rotatable bonds is 10. The van der Waals surface area contributed by atoms with E-state index in [1.54, 1.807) is 18.9 Å². The molecule has 0 aliphatic rings. The second kappa shape index (κ2) is 11.2. The number of methoxy groups -OCH3 is 1. The molecule has 5 heteroatoms. The Balaban J connectivity index is 2.12. The molecule has 0 aromatic heterocycles. The number of hydrogen-bond donors (Lipinski definition) is 1. The minimum absolute atomic E-state index is 0.0575. The summed E-state index contributed by atoms with van der Waals surface area (Å²) in [6.45, 7) is 6.29. The lowest BCUT2D eigenvalue weighted by atomic mass is 10.1. The maximum atomic E-state index is 13.1. The molecule has 5 nitrogen and oxygen atoms in total. The molecule has 2 rings (SSSR count). The lowest BCUT2D eigenvalue weighted by molar-refractivity contribution is -0.139. The topological polar surface area (TPSA) is 58.6 Å². The van der Waals surface area contributed by atoms with Crippen LogP contribution in [0, 0.1) is 0 Å². The standard InChI is InChI=1S/C24H32N2O3/c1-5-18(2)25-24(28)19(3)26(16-15-20-9-7-6-8-10-20)23(27)17-21-11-13-22(29-4)14-12-21/h6-14,18-19H,5,15-17H2,1-4H3,(H,25,28)/t18-,19+/m0/s1. The van der Waals surface area contributed by atoms with E-state index in [2.05, 4.69) is 5.32 Å². The van der Waals surface area contributed by atoms with Crippen molar-refractivity contribution in [1.82, 2.24) is 10.2 Å². The van der Waals surface area contributed by atoms with E-state index in [1.165, 1.54) is 0 Å². The molecule has 0 fully saturated rings. The second-order valence-corrected chi connectivity index (χ2v) is 7.34. The highest BCUT2D eigenvalue weighted by Gasteiger charge is 2.26. The molecule has 0 heterocycles. The van der Waals surface area contributed by atoms with Gasteiger partial charge in [0.05, 0.1) is 13.5 Å². The monoisotopic (exact) mass is 396 g/mol. The summed E-state index contributed by atoms with van der Waals surface area (Å²) < 4.78 is 5.18. The van der Waals surface area contributed by atoms with Gasteiger partial charge in [0.15, 0.2) is 0 Å². The zero-order valence-corrected chi connectivity index (χ0v) is 17.9. The normalized spacial score (nSPS) is 12.7. The first-order chi connectivity index (χ1) is 13.9. The Bertz CT molecular complexity index is 774. The van der Waals surface area contributed by atoms with Crippen molar-refractivity contribution in [3.63, 3.8) is 0 Å². The molecule has 156 valence electrons. The van der Waals surface area contributed by atoms with Crippen molar-refractivity contribution in [1.29, 1.82) is 0 Å². The first-order valence-corrected chi connectivity index (χ1v) is 10.2. The fourth-order valence-corrected chi connectivity index (χ4v) is 3.06. The van der Waals surface area contributed by atoms with Gasteiger partial charge < -0.3 is 15.0 Å². The number of benzene rings is 2. The molecule has 0 spiro atoms. The minimum Gasteiger partial charge on any atom is -0.497 e. The number of ether oxygens (including phenoxy) is 1. The molecule has 2 atom stereocenters. The van der Waals surface area contributed by atoms with E-state index < -0.39 is 6.04 Å². The van der Waals surface area contributed by atoms with Gasteiger partial charge in [-0.3, -0.25) is 9.59 Å². The van der Waals surface area contributed by atoms with Crippen LogP contribution in [0.4, 0.5) is 0 Å². The third-order valence-corrected chi connectivity index (χ3v) is 5.17. The van der Waals surface area contributed by atoms with E-state index in [9.17, 15) is 9.59 Å². The predicted octanol–water partition coefficient (Wildman–Crippen LogP) is 3.61. The van der Waals surface area contributed by atoms with Crippen LogP contribution >= 0.6 is 0 Å². The SMILES string of the molecule is CC[C@H](C)NC(=O)[C@@H](C)N(CCc1ccccc1)C(=O)Cc1ccc(OC)cc1. The molecule has 0 aliphatic carbocycles. The second-order valence-electron chi connectivity index (χ2n) is 7.34. The largest absolute Gasteiger partial charge is 0.497 e. The smallest absolute Gasteiger partial charge is 0.242 e. The highest BCUT2D eigenvalue weighted by Crippen LogP contribution is 2.14. The van der Waals surface area contributed by atoms with Crippen LogP contribution in [0.15, 0.2) is 54.6 Å². The van der Waals surface area contributed by atoms with Gasteiger partial charge in [0.2, 0.25) is 11.8 Å². The van der Waals surface area contributed by atoms with Crippen molar-refractivity contribution in [2.75, 3.05) is 13.7 Å². The highest BCUT2D eigenvalue weighted by atomic mass is 16.5. The van der Waals surface area contributed by atoms with Gasteiger partial charge in [-0.25, -0.2) is 0 Å². The number of carbonyl (C=O) groups excluding carboxylic acids is 2. The van der Waals surface area contributed by atoms with Crippen LogP contribution < -0.4 is 10.1 Å². The third-order valence-electron chi connectivity index (χ3n) is 5.17. The molecular formula is C24H32N2O3. The quantitative estimate of drug-likeness (QED) is 0.667. The molecule has 0 bridgehead atoms. The molecule has 0 aliphatic heterocycles. The maximum Gasteiger partial charge on any atom is 0.242 e. The first-order valence-electron chi connectivity index (χ1n) is 10.2. The zero-order valence-electron chi connectivity index (χ0n) is 17.9. The molecular weight excluding hydrogens is 364 g/mol. The van der Waals surface area contributed by atoms with Crippen molar-refractivity contribution < 1.29 is 14.3 Å². The summed E-state index contributed by atoms with van der Waals surface area (Å²) in [7, 11) is 1.61. The van der Waals surface area contributed by atoms with Gasteiger partial charge in [0.1, 0.15) is 11.8 Å². The summed E-state index contributed by atoms with van der Waals surface area (Å²) in [6.07, 6.45) is 1.80. The number of amides is 2. The van der Waals surface area contributed by atoms with Crippen LogP contribution in [-0.2, 0) is 22.4 Å². The molecule has 0 unspecified atom stereocenters. The van der Waals surface area contributed by atoms with Crippen molar-refractivity contribution >= 4 is 11.8 Å². The van der Waals surface area contributed by atoms with Crippen molar-refractivity contribution in [2.24, 2.45) is 0 Å². The number of hydrogen-bond acceptors (Lipinski definition) is 3. The van der Waals surface area contributed by atoms with Crippen LogP contribution in [0.1, 0.15) is 38.3 Å². The van der Waals surface area contributed by atoms with Gasteiger partial charge in [0, 0.05) is 12.6 Å². The van der Waals surface area contributed by atoms with E-state index >= 15 is 0 Å². The average molecular weight is 397 g/mol. The van der Waals surface area contributed by atoms with E-state index in [0.717, 1.165) is 23.3 Å². The van der Waals surface area contributed by atoms with Gasteiger partial charge in [-0.05, 0) is 49.9 Å². The lowest BCUT2D eigenvalue weighted by Gasteiger charge is -2.29. The van der Waals surface area contributed by atoms with Gasteiger partial charge >= 0.3 is 0 Å². The molecule has 0 radical (unpaired) electrons. The summed E-state index contributed by atoms with van der Waals surface area (Å²) in [5.74, 6) is 0.580. The summed E-state index contributed by atoms with van der Waals surface area (Å²) >= 11 is 0. The van der Waals surface area contributed by atoms with Gasteiger partial charge in [0.25, 0.3) is 0 Å².